The van der Waals surface area contributed by atoms with Gasteiger partial charge in [-0.3, -0.25) is 4.57 Å². The molecular formula is C5H14N4O2P+. The molecule has 0 radical (unpaired) electrons. The highest BCUT2D eigenvalue weighted by Crippen LogP contribution is 2.23. The van der Waals surface area contributed by atoms with E-state index in [4.69, 9.17) is 10.1 Å². The second-order valence-corrected chi connectivity index (χ2v) is 4.34. The first kappa shape index (κ1) is 11.5. The molecule has 0 saturated heterocycles. The summed E-state index contributed by atoms with van der Waals surface area (Å²) >= 11 is 0. The van der Waals surface area contributed by atoms with Gasteiger partial charge in [0.05, 0.1) is 21.1 Å². The number of hydrogen-bond donors (Lipinski definition) is 0. The molecule has 0 aliphatic carbocycles. The van der Waals surface area contributed by atoms with E-state index in [0.717, 1.165) is 11.0 Å². The molecule has 0 fully saturated rings. The smallest absolute Gasteiger partial charge is 0.278 e. The van der Waals surface area contributed by atoms with Crippen LogP contribution < -0.4 is 0 Å². The monoisotopic (exact) mass is 193 g/mol. The van der Waals surface area contributed by atoms with Gasteiger partial charge in [-0.25, -0.2) is 0 Å². The second kappa shape index (κ2) is 5.17. The van der Waals surface area contributed by atoms with Gasteiger partial charge in [-0.15, -0.1) is 0 Å². The van der Waals surface area contributed by atoms with Crippen molar-refractivity contribution in [2.24, 2.45) is 4.88 Å². The Morgan fingerprint density at radius 1 is 1.58 bits per heavy atom. The fraction of sp³-hybridized carbons (Fsp3) is 1.00. The third-order valence-corrected chi connectivity index (χ3v) is 1.82. The van der Waals surface area contributed by atoms with Crippen LogP contribution in [0.3, 0.4) is 0 Å². The number of rotatable bonds is 5. The molecule has 6 nitrogen and oxygen atoms in total. The minimum Gasteiger partial charge on any atom is -0.329 e. The number of quaternary nitrogens is 1. The van der Waals surface area contributed by atoms with Crippen molar-refractivity contribution in [2.75, 3.05) is 34.3 Å². The molecule has 0 aliphatic rings. The summed E-state index contributed by atoms with van der Waals surface area (Å²) in [6.45, 7) is 1.08. The lowest BCUT2D eigenvalue weighted by molar-refractivity contribution is -0.870. The predicted molar refractivity (Wildman–Crippen MR) is 47.0 cm³/mol. The van der Waals surface area contributed by atoms with Crippen LogP contribution >= 0.6 is 8.18 Å². The normalized spacial score (nSPS) is 13.6. The van der Waals surface area contributed by atoms with E-state index in [1.165, 1.54) is 0 Å². The van der Waals surface area contributed by atoms with Crippen LogP contribution in [0.5, 0.6) is 0 Å². The predicted octanol–water partition coefficient (Wildman–Crippen LogP) is 1.41. The minimum absolute atomic E-state index is 0.348. The summed E-state index contributed by atoms with van der Waals surface area (Å²) in [7, 11) is 3.47. The van der Waals surface area contributed by atoms with Crippen LogP contribution in [0.15, 0.2) is 4.88 Å². The molecule has 7 heteroatoms. The van der Waals surface area contributed by atoms with Crippen LogP contribution in [0.2, 0.25) is 0 Å². The minimum atomic E-state index is -2.51. The molecule has 0 N–H and O–H groups in total. The number of likely N-dealkylation sites (N-methyl/N-ethyl adjacent to an activating group) is 1. The molecule has 0 aromatic carbocycles. The lowest BCUT2D eigenvalue weighted by Crippen LogP contribution is -2.37. The topological polar surface area (TPSA) is 75.1 Å². The van der Waals surface area contributed by atoms with E-state index < -0.39 is 8.18 Å². The molecule has 1 unspecified atom stereocenters. The molecule has 0 saturated carbocycles. The summed E-state index contributed by atoms with van der Waals surface area (Å²) in [5.74, 6) is 0. The molecule has 0 bridgehead atoms. The molecule has 0 aliphatic heterocycles. The second-order valence-electron chi connectivity index (χ2n) is 3.32. The van der Waals surface area contributed by atoms with Gasteiger partial charge in [0.25, 0.3) is 8.18 Å². The lowest BCUT2D eigenvalue weighted by Gasteiger charge is -2.23. The quantitative estimate of drug-likeness (QED) is 0.217. The zero-order chi connectivity index (χ0) is 9.61. The SMILES string of the molecule is C[N+](C)(C)CCO[PH](=O)N=[N+]=[N-]. The largest absolute Gasteiger partial charge is 0.329 e. The number of hydrogen-bond acceptors (Lipinski definition) is 2. The summed E-state index contributed by atoms with van der Waals surface area (Å²) in [5.41, 5.74) is 7.90. The van der Waals surface area contributed by atoms with Crippen LogP contribution in [0.25, 0.3) is 10.4 Å². The first-order chi connectivity index (χ1) is 5.45. The Morgan fingerprint density at radius 2 is 2.17 bits per heavy atom. The van der Waals surface area contributed by atoms with Crippen LogP contribution in [-0.4, -0.2) is 38.8 Å². The van der Waals surface area contributed by atoms with E-state index in [-0.39, 0.29) is 0 Å². The van der Waals surface area contributed by atoms with E-state index in [0.29, 0.717) is 6.61 Å². The molecule has 0 spiro atoms. The van der Waals surface area contributed by atoms with Crippen molar-refractivity contribution in [1.82, 2.24) is 0 Å². The molecule has 1 atom stereocenters. The van der Waals surface area contributed by atoms with Gasteiger partial charge in [-0.05, 0) is 10.4 Å². The Kier molecular flexibility index (Phi) is 4.93. The van der Waals surface area contributed by atoms with Crippen molar-refractivity contribution in [3.8, 4) is 0 Å². The Balaban J connectivity index is 3.57. The van der Waals surface area contributed by atoms with Crippen molar-refractivity contribution in [2.45, 2.75) is 0 Å². The summed E-state index contributed by atoms with van der Waals surface area (Å²) in [4.78, 5) is 5.32. The Morgan fingerprint density at radius 3 is 2.58 bits per heavy atom. The Labute approximate surface area is 72.3 Å². The maximum Gasteiger partial charge on any atom is 0.278 e. The van der Waals surface area contributed by atoms with Gasteiger partial charge in [-0.1, -0.05) is 0 Å². The highest BCUT2D eigenvalue weighted by Gasteiger charge is 2.06. The number of nitrogens with zero attached hydrogens (tertiary/aromatic N) is 4. The fourth-order valence-electron chi connectivity index (χ4n) is 0.472. The number of azide groups is 1. The molecule has 70 valence electrons. The third kappa shape index (κ3) is 7.57. The van der Waals surface area contributed by atoms with Gasteiger partial charge in [-0.2, -0.15) is 0 Å². The van der Waals surface area contributed by atoms with Gasteiger partial charge in [0.1, 0.15) is 13.2 Å². The van der Waals surface area contributed by atoms with E-state index in [2.05, 4.69) is 9.80 Å². The zero-order valence-electron chi connectivity index (χ0n) is 7.52. The summed E-state index contributed by atoms with van der Waals surface area (Å²) < 4.78 is 16.2. The van der Waals surface area contributed by atoms with Gasteiger partial charge in [0.15, 0.2) is 0 Å². The molecule has 0 aromatic heterocycles. The molecule has 0 aromatic rings. The van der Waals surface area contributed by atoms with Crippen molar-refractivity contribution in [3.63, 3.8) is 0 Å². The average molecular weight is 193 g/mol. The lowest BCUT2D eigenvalue weighted by atomic mass is 10.5. The molecule has 12 heavy (non-hydrogen) atoms. The van der Waals surface area contributed by atoms with Crippen LogP contribution in [0.4, 0.5) is 0 Å². The van der Waals surface area contributed by atoms with E-state index in [9.17, 15) is 4.57 Å². The summed E-state index contributed by atoms with van der Waals surface area (Å²) in [6.07, 6.45) is 0. The van der Waals surface area contributed by atoms with Crippen molar-refractivity contribution < 1.29 is 13.6 Å². The van der Waals surface area contributed by atoms with Crippen LogP contribution in [0, 0.1) is 0 Å². The van der Waals surface area contributed by atoms with E-state index in [1.807, 2.05) is 21.1 Å². The first-order valence-corrected chi connectivity index (χ1v) is 4.74. The third-order valence-electron chi connectivity index (χ3n) is 1.11. The average Bonchev–Trinajstić information content (AvgIpc) is 1.84. The van der Waals surface area contributed by atoms with E-state index >= 15 is 0 Å². The highest BCUT2D eigenvalue weighted by molar-refractivity contribution is 7.37. The van der Waals surface area contributed by atoms with Crippen LogP contribution in [-0.2, 0) is 9.09 Å². The van der Waals surface area contributed by atoms with Gasteiger partial charge >= 0.3 is 0 Å². The maximum atomic E-state index is 10.7. The van der Waals surface area contributed by atoms with Crippen molar-refractivity contribution >= 4 is 8.18 Å². The Bertz CT molecular complexity index is 206. The van der Waals surface area contributed by atoms with Gasteiger partial charge in [0.2, 0.25) is 0 Å². The van der Waals surface area contributed by atoms with Gasteiger partial charge < -0.3 is 9.01 Å². The van der Waals surface area contributed by atoms with Crippen molar-refractivity contribution in [3.05, 3.63) is 10.4 Å². The standard InChI is InChI=1S/C5H14N4O2P/c1-9(2,3)4-5-11-12(10)8-7-6/h12H,4-5H2,1-3H3/q+1. The molecule has 0 rings (SSSR count). The summed E-state index contributed by atoms with van der Waals surface area (Å²) in [6, 6.07) is 0. The van der Waals surface area contributed by atoms with Crippen molar-refractivity contribution in [1.29, 1.82) is 0 Å². The molecule has 0 amide bonds. The fourth-order valence-corrected chi connectivity index (χ4v) is 0.869. The van der Waals surface area contributed by atoms with Gasteiger partial charge in [0, 0.05) is 4.91 Å². The highest BCUT2D eigenvalue weighted by atomic mass is 31.1. The first-order valence-electron chi connectivity index (χ1n) is 3.48. The summed E-state index contributed by atoms with van der Waals surface area (Å²) in [5, 5.41) is 0. The Hall–Kier alpha value is -0.540. The molecule has 0 heterocycles. The zero-order valence-corrected chi connectivity index (χ0v) is 8.52. The van der Waals surface area contributed by atoms with E-state index in [1.54, 1.807) is 0 Å². The van der Waals surface area contributed by atoms with Crippen LogP contribution in [0.1, 0.15) is 0 Å². The molecular weight excluding hydrogens is 179 g/mol. The maximum absolute atomic E-state index is 10.7.